The number of rotatable bonds is 2. The summed E-state index contributed by atoms with van der Waals surface area (Å²) in [7, 11) is 0. The van der Waals surface area contributed by atoms with Crippen LogP contribution in [0.15, 0.2) is 16.7 Å². The number of amides is 1. The maximum atomic E-state index is 12.5. The first-order chi connectivity index (χ1) is 9.02. The van der Waals surface area contributed by atoms with Gasteiger partial charge in [-0.3, -0.25) is 4.79 Å². The Morgan fingerprint density at radius 2 is 2.47 bits per heavy atom. The summed E-state index contributed by atoms with van der Waals surface area (Å²) in [5, 5.41) is 9.14. The summed E-state index contributed by atoms with van der Waals surface area (Å²) in [6, 6.07) is 1.59. The second kappa shape index (κ2) is 5.85. The minimum atomic E-state index is -0.346. The standard InChI is InChI=1S/C12H16BrN3O3/c1-7-6-19-9(5-17)4-16(7)12(18)10-2-8(13)3-15-11(10)14/h2-3,7,9,17H,4-6H2,1H3,(H2,14,15). The number of anilines is 1. The molecule has 2 unspecified atom stereocenters. The van der Waals surface area contributed by atoms with E-state index in [9.17, 15) is 4.79 Å². The van der Waals surface area contributed by atoms with Gasteiger partial charge in [0.15, 0.2) is 0 Å². The van der Waals surface area contributed by atoms with Crippen LogP contribution in [0.2, 0.25) is 0 Å². The first-order valence-electron chi connectivity index (χ1n) is 5.97. The van der Waals surface area contributed by atoms with Crippen molar-refractivity contribution in [3.05, 3.63) is 22.3 Å². The first-order valence-corrected chi connectivity index (χ1v) is 6.76. The lowest BCUT2D eigenvalue weighted by molar-refractivity contribution is -0.0667. The fourth-order valence-electron chi connectivity index (χ4n) is 1.99. The lowest BCUT2D eigenvalue weighted by Gasteiger charge is -2.37. The van der Waals surface area contributed by atoms with Gasteiger partial charge in [-0.25, -0.2) is 4.98 Å². The zero-order valence-electron chi connectivity index (χ0n) is 10.5. The molecule has 1 amide bonds. The van der Waals surface area contributed by atoms with E-state index in [1.807, 2.05) is 6.92 Å². The molecule has 0 bridgehead atoms. The molecule has 104 valence electrons. The Hall–Kier alpha value is -1.18. The molecule has 19 heavy (non-hydrogen) atoms. The van der Waals surface area contributed by atoms with E-state index >= 15 is 0 Å². The zero-order chi connectivity index (χ0) is 14.0. The number of nitrogen functional groups attached to an aromatic ring is 1. The van der Waals surface area contributed by atoms with E-state index in [0.717, 1.165) is 0 Å². The summed E-state index contributed by atoms with van der Waals surface area (Å²) in [6.45, 7) is 2.54. The van der Waals surface area contributed by atoms with Crippen LogP contribution in [0.5, 0.6) is 0 Å². The number of aliphatic hydroxyl groups is 1. The van der Waals surface area contributed by atoms with E-state index in [0.29, 0.717) is 23.2 Å². The van der Waals surface area contributed by atoms with Crippen molar-refractivity contribution >= 4 is 27.7 Å². The van der Waals surface area contributed by atoms with Gasteiger partial charge in [-0.05, 0) is 28.9 Å². The number of nitrogens with two attached hydrogens (primary N) is 1. The van der Waals surface area contributed by atoms with Gasteiger partial charge in [-0.2, -0.15) is 0 Å². The third kappa shape index (κ3) is 3.05. The Balaban J connectivity index is 2.24. The molecule has 1 saturated heterocycles. The fraction of sp³-hybridized carbons (Fsp3) is 0.500. The maximum Gasteiger partial charge on any atom is 0.258 e. The van der Waals surface area contributed by atoms with Crippen LogP contribution >= 0.6 is 15.9 Å². The highest BCUT2D eigenvalue weighted by molar-refractivity contribution is 9.10. The number of carbonyl (C=O) groups excluding carboxylic acids is 1. The molecule has 2 rings (SSSR count). The fourth-order valence-corrected chi connectivity index (χ4v) is 2.32. The largest absolute Gasteiger partial charge is 0.394 e. The number of pyridine rings is 1. The highest BCUT2D eigenvalue weighted by atomic mass is 79.9. The van der Waals surface area contributed by atoms with Crippen LogP contribution in [-0.2, 0) is 4.74 Å². The number of morpholine rings is 1. The Kier molecular flexibility index (Phi) is 4.38. The van der Waals surface area contributed by atoms with E-state index in [-0.39, 0.29) is 30.5 Å². The van der Waals surface area contributed by atoms with Gasteiger partial charge >= 0.3 is 0 Å². The summed E-state index contributed by atoms with van der Waals surface area (Å²) < 4.78 is 6.11. The number of aliphatic hydroxyl groups excluding tert-OH is 1. The Labute approximate surface area is 119 Å². The molecule has 0 spiro atoms. The van der Waals surface area contributed by atoms with Crippen molar-refractivity contribution in [2.45, 2.75) is 19.1 Å². The molecule has 1 aliphatic heterocycles. The molecule has 0 aliphatic carbocycles. The average molecular weight is 330 g/mol. The normalized spacial score (nSPS) is 23.4. The molecule has 2 heterocycles. The molecule has 1 fully saturated rings. The van der Waals surface area contributed by atoms with Crippen LogP contribution in [-0.4, -0.2) is 52.8 Å². The van der Waals surface area contributed by atoms with Crippen molar-refractivity contribution < 1.29 is 14.6 Å². The second-order valence-corrected chi connectivity index (χ2v) is 5.45. The Bertz CT molecular complexity index is 483. The molecule has 2 atom stereocenters. The van der Waals surface area contributed by atoms with Crippen LogP contribution < -0.4 is 5.73 Å². The van der Waals surface area contributed by atoms with Gasteiger partial charge in [0.2, 0.25) is 0 Å². The predicted octanol–water partition coefficient (Wildman–Crippen LogP) is 0.648. The van der Waals surface area contributed by atoms with Gasteiger partial charge in [-0.15, -0.1) is 0 Å². The highest BCUT2D eigenvalue weighted by Crippen LogP contribution is 2.21. The number of hydrogen-bond acceptors (Lipinski definition) is 5. The van der Waals surface area contributed by atoms with E-state index in [1.54, 1.807) is 17.2 Å². The van der Waals surface area contributed by atoms with Crippen molar-refractivity contribution in [2.75, 3.05) is 25.5 Å². The molecule has 1 aliphatic rings. The quantitative estimate of drug-likeness (QED) is 0.831. The van der Waals surface area contributed by atoms with Crippen molar-refractivity contribution in [1.29, 1.82) is 0 Å². The third-order valence-electron chi connectivity index (χ3n) is 3.09. The van der Waals surface area contributed by atoms with Crippen molar-refractivity contribution in [3.8, 4) is 0 Å². The molecule has 3 N–H and O–H groups in total. The number of halogens is 1. The lowest BCUT2D eigenvalue weighted by atomic mass is 10.1. The second-order valence-electron chi connectivity index (χ2n) is 4.53. The van der Waals surface area contributed by atoms with E-state index in [4.69, 9.17) is 15.6 Å². The SMILES string of the molecule is CC1COC(CO)CN1C(=O)c1cc(Br)cnc1N. The predicted molar refractivity (Wildman–Crippen MR) is 73.7 cm³/mol. The van der Waals surface area contributed by atoms with Crippen molar-refractivity contribution in [2.24, 2.45) is 0 Å². The molecule has 1 aromatic rings. The van der Waals surface area contributed by atoms with Gasteiger partial charge in [0.1, 0.15) is 5.82 Å². The molecular weight excluding hydrogens is 314 g/mol. The van der Waals surface area contributed by atoms with E-state index < -0.39 is 0 Å². The maximum absolute atomic E-state index is 12.5. The zero-order valence-corrected chi connectivity index (χ0v) is 12.1. The minimum Gasteiger partial charge on any atom is -0.394 e. The van der Waals surface area contributed by atoms with Gasteiger partial charge in [0.25, 0.3) is 5.91 Å². The first kappa shape index (κ1) is 14.2. The monoisotopic (exact) mass is 329 g/mol. The van der Waals surface area contributed by atoms with Crippen LogP contribution in [0.25, 0.3) is 0 Å². The van der Waals surface area contributed by atoms with Crippen LogP contribution in [0.3, 0.4) is 0 Å². The Morgan fingerprint density at radius 3 is 3.16 bits per heavy atom. The van der Waals surface area contributed by atoms with Gasteiger partial charge in [0.05, 0.1) is 30.9 Å². The van der Waals surface area contributed by atoms with Crippen LogP contribution in [0.4, 0.5) is 5.82 Å². The summed E-state index contributed by atoms with van der Waals surface area (Å²) in [5.41, 5.74) is 6.11. The van der Waals surface area contributed by atoms with Crippen LogP contribution in [0.1, 0.15) is 17.3 Å². The summed E-state index contributed by atoms with van der Waals surface area (Å²) in [4.78, 5) is 18.1. The number of carbonyl (C=O) groups is 1. The molecular formula is C12H16BrN3O3. The topological polar surface area (TPSA) is 88.7 Å². The van der Waals surface area contributed by atoms with Crippen molar-refractivity contribution in [3.63, 3.8) is 0 Å². The van der Waals surface area contributed by atoms with E-state index in [1.165, 1.54) is 0 Å². The van der Waals surface area contributed by atoms with Gasteiger partial charge < -0.3 is 20.5 Å². The summed E-state index contributed by atoms with van der Waals surface area (Å²) in [5.74, 6) is 0.00740. The van der Waals surface area contributed by atoms with Gasteiger partial charge in [-0.1, -0.05) is 0 Å². The minimum absolute atomic E-state index is 0.0614. The molecule has 6 nitrogen and oxygen atoms in total. The van der Waals surface area contributed by atoms with E-state index in [2.05, 4.69) is 20.9 Å². The smallest absolute Gasteiger partial charge is 0.258 e. The molecule has 0 radical (unpaired) electrons. The highest BCUT2D eigenvalue weighted by Gasteiger charge is 2.31. The Morgan fingerprint density at radius 1 is 1.74 bits per heavy atom. The number of hydrogen-bond donors (Lipinski definition) is 2. The lowest BCUT2D eigenvalue weighted by Crippen LogP contribution is -2.52. The number of nitrogens with zero attached hydrogens (tertiary/aromatic N) is 2. The molecule has 0 aromatic carbocycles. The molecule has 7 heteroatoms. The van der Waals surface area contributed by atoms with Gasteiger partial charge in [0, 0.05) is 17.2 Å². The average Bonchev–Trinajstić information content (AvgIpc) is 2.41. The third-order valence-corrected chi connectivity index (χ3v) is 3.52. The number of ether oxygens (including phenoxy) is 1. The van der Waals surface area contributed by atoms with Crippen molar-refractivity contribution in [1.82, 2.24) is 9.88 Å². The molecule has 0 saturated carbocycles. The number of aromatic nitrogens is 1. The summed E-state index contributed by atoms with van der Waals surface area (Å²) >= 11 is 3.28. The van der Waals surface area contributed by atoms with Crippen LogP contribution in [0, 0.1) is 0 Å². The summed E-state index contributed by atoms with van der Waals surface area (Å²) in [6.07, 6.45) is 1.20. The molecule has 1 aromatic heterocycles.